The average molecular weight is 245 g/mol. The number of thiol groups is 1. The van der Waals surface area contributed by atoms with E-state index in [-0.39, 0.29) is 40.0 Å². The molecule has 0 aliphatic rings. The minimum atomic E-state index is 0. The number of halogens is 1. The molecule has 0 unspecified atom stereocenters. The van der Waals surface area contributed by atoms with Gasteiger partial charge in [-0.2, -0.15) is 30.3 Å². The standard InChI is InChI=1S/C6H5S2.BrH.Mg/c7-8-6-4-2-1-3-5-6;;/h1-4,7H;1H;/q-1;;+2/p-1. The molecule has 0 atom stereocenters. The Hall–Kier alpha value is 1.17. The van der Waals surface area contributed by atoms with Crippen molar-refractivity contribution in [2.45, 2.75) is 4.90 Å². The molecule has 0 bridgehead atoms. The van der Waals surface area contributed by atoms with Gasteiger partial charge in [-0.05, 0) is 0 Å². The van der Waals surface area contributed by atoms with Gasteiger partial charge in [-0.1, -0.05) is 15.7 Å². The van der Waals surface area contributed by atoms with Crippen molar-refractivity contribution in [3.8, 4) is 0 Å². The molecule has 0 amide bonds. The van der Waals surface area contributed by atoms with E-state index in [1.807, 2.05) is 24.3 Å². The van der Waals surface area contributed by atoms with Gasteiger partial charge in [0.1, 0.15) is 0 Å². The van der Waals surface area contributed by atoms with E-state index in [9.17, 15) is 0 Å². The first-order chi connectivity index (χ1) is 3.93. The molecule has 1 aromatic carbocycles. The van der Waals surface area contributed by atoms with Crippen LogP contribution in [0.5, 0.6) is 0 Å². The van der Waals surface area contributed by atoms with E-state index in [1.165, 1.54) is 10.8 Å². The molecule has 0 spiro atoms. The number of hydrogen-bond donors (Lipinski definition) is 1. The third-order valence-electron chi connectivity index (χ3n) is 0.779. The zero-order valence-corrected chi connectivity index (χ0v) is 9.96. The Morgan fingerprint density at radius 3 is 2.40 bits per heavy atom. The van der Waals surface area contributed by atoms with Crippen molar-refractivity contribution in [1.29, 1.82) is 0 Å². The smallest absolute Gasteiger partial charge is 1.00 e. The average Bonchev–Trinajstić information content (AvgIpc) is 1.90. The van der Waals surface area contributed by atoms with Crippen LogP contribution in [0.1, 0.15) is 0 Å². The summed E-state index contributed by atoms with van der Waals surface area (Å²) in [4.78, 5) is 1.07. The molecule has 1 rings (SSSR count). The van der Waals surface area contributed by atoms with Gasteiger partial charge in [-0.3, -0.25) is 0 Å². The number of benzene rings is 1. The fourth-order valence-electron chi connectivity index (χ4n) is 0.434. The molecule has 0 heterocycles. The van der Waals surface area contributed by atoms with Crippen LogP contribution in [0.2, 0.25) is 0 Å². The van der Waals surface area contributed by atoms with Crippen molar-refractivity contribution >= 4 is 45.5 Å². The van der Waals surface area contributed by atoms with Crippen LogP contribution in [0.15, 0.2) is 29.2 Å². The van der Waals surface area contributed by atoms with Crippen LogP contribution in [0, 0.1) is 6.07 Å². The monoisotopic (exact) mass is 244 g/mol. The summed E-state index contributed by atoms with van der Waals surface area (Å²) in [6.07, 6.45) is 0. The number of rotatable bonds is 1. The van der Waals surface area contributed by atoms with Crippen molar-refractivity contribution < 1.29 is 17.0 Å². The summed E-state index contributed by atoms with van der Waals surface area (Å²) in [6.45, 7) is 0. The van der Waals surface area contributed by atoms with Crippen LogP contribution in [-0.4, -0.2) is 23.1 Å². The Bertz CT molecular complexity index is 157. The molecule has 10 heavy (non-hydrogen) atoms. The van der Waals surface area contributed by atoms with Crippen LogP contribution in [0.3, 0.4) is 0 Å². The Morgan fingerprint density at radius 2 is 2.10 bits per heavy atom. The van der Waals surface area contributed by atoms with Crippen molar-refractivity contribution in [2.75, 3.05) is 0 Å². The van der Waals surface area contributed by atoms with Crippen molar-refractivity contribution in [2.24, 2.45) is 0 Å². The van der Waals surface area contributed by atoms with E-state index < -0.39 is 0 Å². The zero-order chi connectivity index (χ0) is 5.82. The molecule has 50 valence electrons. The fraction of sp³-hybridized carbons (Fsp3) is 0. The molecule has 0 aliphatic heterocycles. The molecule has 0 saturated heterocycles. The van der Waals surface area contributed by atoms with Crippen molar-refractivity contribution in [1.82, 2.24) is 0 Å². The minimum absolute atomic E-state index is 0. The van der Waals surface area contributed by atoms with Gasteiger partial charge in [0.25, 0.3) is 0 Å². The third-order valence-corrected chi connectivity index (χ3v) is 1.82. The zero-order valence-electron chi connectivity index (χ0n) is 5.25. The second kappa shape index (κ2) is 8.26. The molecular formula is C6H5BrMgS2. The summed E-state index contributed by atoms with van der Waals surface area (Å²) in [6, 6.07) is 10.8. The van der Waals surface area contributed by atoms with Crippen LogP contribution in [0.4, 0.5) is 0 Å². The topological polar surface area (TPSA) is 0 Å². The maximum Gasteiger partial charge on any atom is 2.00 e. The van der Waals surface area contributed by atoms with Gasteiger partial charge in [0.15, 0.2) is 0 Å². The van der Waals surface area contributed by atoms with Crippen LogP contribution >= 0.6 is 22.5 Å². The Kier molecular flexibility index (Phi) is 11.4. The first kappa shape index (κ1) is 13.7. The predicted octanol–water partition coefficient (Wildman–Crippen LogP) is -0.953. The van der Waals surface area contributed by atoms with Gasteiger partial charge >= 0.3 is 23.1 Å². The van der Waals surface area contributed by atoms with Crippen LogP contribution in [0.25, 0.3) is 0 Å². The van der Waals surface area contributed by atoms with Gasteiger partial charge in [0.05, 0.1) is 0 Å². The quantitative estimate of drug-likeness (QED) is 0.288. The second-order valence-corrected chi connectivity index (χ2v) is 2.49. The summed E-state index contributed by atoms with van der Waals surface area (Å²) in [7, 11) is 1.41. The fourth-order valence-corrected chi connectivity index (χ4v) is 1.03. The van der Waals surface area contributed by atoms with Gasteiger partial charge in [-0.15, -0.1) is 11.7 Å². The summed E-state index contributed by atoms with van der Waals surface area (Å²) in [5, 5.41) is 0. The van der Waals surface area contributed by atoms with Gasteiger partial charge in [0.2, 0.25) is 0 Å². The maximum absolute atomic E-state index is 4.00. The molecule has 0 saturated carbocycles. The van der Waals surface area contributed by atoms with Crippen molar-refractivity contribution in [3.63, 3.8) is 0 Å². The predicted molar refractivity (Wildman–Crippen MR) is 45.9 cm³/mol. The van der Waals surface area contributed by atoms with E-state index in [1.54, 1.807) is 0 Å². The Balaban J connectivity index is 0. The van der Waals surface area contributed by atoms with E-state index in [0.717, 1.165) is 4.90 Å². The molecule has 0 aromatic heterocycles. The second-order valence-electron chi connectivity index (χ2n) is 1.32. The number of hydrogen-bond acceptors (Lipinski definition) is 2. The Morgan fingerprint density at radius 1 is 1.40 bits per heavy atom. The maximum atomic E-state index is 4.00. The van der Waals surface area contributed by atoms with E-state index in [2.05, 4.69) is 17.7 Å². The van der Waals surface area contributed by atoms with E-state index in [4.69, 9.17) is 0 Å². The first-order valence-electron chi connectivity index (χ1n) is 2.21. The SMILES string of the molecule is SSc1[c-]cccc1.[Br-].[Mg+2]. The van der Waals surface area contributed by atoms with Crippen LogP contribution in [-0.2, 0) is 0 Å². The Labute approximate surface area is 96.9 Å². The third kappa shape index (κ3) is 4.90. The molecule has 0 aliphatic carbocycles. The molecular weight excluding hydrogens is 240 g/mol. The van der Waals surface area contributed by atoms with E-state index >= 15 is 0 Å². The summed E-state index contributed by atoms with van der Waals surface area (Å²) < 4.78 is 0. The van der Waals surface area contributed by atoms with Crippen molar-refractivity contribution in [3.05, 3.63) is 30.3 Å². The summed E-state index contributed by atoms with van der Waals surface area (Å²) in [5.74, 6) is 0. The molecule has 0 nitrogen and oxygen atoms in total. The molecule has 0 radical (unpaired) electrons. The van der Waals surface area contributed by atoms with E-state index in [0.29, 0.717) is 0 Å². The molecule has 4 heteroatoms. The van der Waals surface area contributed by atoms with Gasteiger partial charge in [0, 0.05) is 0 Å². The largest absolute Gasteiger partial charge is 2.00 e. The normalized spacial score (nSPS) is 7.30. The summed E-state index contributed by atoms with van der Waals surface area (Å²) >= 11 is 4.00. The minimum Gasteiger partial charge on any atom is -1.00 e. The summed E-state index contributed by atoms with van der Waals surface area (Å²) in [5.41, 5.74) is 0. The van der Waals surface area contributed by atoms with Crippen LogP contribution < -0.4 is 17.0 Å². The van der Waals surface area contributed by atoms with Gasteiger partial charge in [-0.25, -0.2) is 0 Å². The molecule has 0 fully saturated rings. The molecule has 0 N–H and O–H groups in total. The van der Waals surface area contributed by atoms with Gasteiger partial charge < -0.3 is 17.0 Å². The first-order valence-corrected chi connectivity index (χ1v) is 4.08. The molecule has 1 aromatic rings.